The molecule has 1 N–H and O–H groups in total. The van der Waals surface area contributed by atoms with E-state index in [1.807, 2.05) is 37.0 Å². The molecule has 0 bridgehead atoms. The van der Waals surface area contributed by atoms with E-state index in [1.54, 1.807) is 0 Å². The Bertz CT molecular complexity index is 551. The molecule has 1 aromatic carbocycles. The van der Waals surface area contributed by atoms with Crippen molar-refractivity contribution in [2.45, 2.75) is 6.92 Å². The highest BCUT2D eigenvalue weighted by Crippen LogP contribution is 2.15. The van der Waals surface area contributed by atoms with Gasteiger partial charge in [0.2, 0.25) is 0 Å². The first-order valence-electron chi connectivity index (χ1n) is 5.14. The predicted octanol–water partition coefficient (Wildman–Crippen LogP) is 2.03. The first-order chi connectivity index (χ1) is 7.72. The zero-order valence-electron chi connectivity index (χ0n) is 9.44. The molecule has 0 unspecified atom stereocenters. The van der Waals surface area contributed by atoms with Gasteiger partial charge in [0.1, 0.15) is 0 Å². The summed E-state index contributed by atoms with van der Waals surface area (Å²) in [5.41, 5.74) is 3.15. The molecular weight excluding hydrogens is 200 g/mol. The second-order valence-electron chi connectivity index (χ2n) is 3.67. The third kappa shape index (κ3) is 1.86. The number of aryl methyl sites for hydroxylation is 1. The molecule has 0 saturated carbocycles. The topological polar surface area (TPSA) is 54.0 Å². The number of rotatable bonds is 3. The minimum Gasteiger partial charge on any atom is -0.311 e. The largest absolute Gasteiger partial charge is 0.311 e. The minimum absolute atomic E-state index is 0.441. The molecule has 1 aromatic heterocycles. The molecule has 0 radical (unpaired) electrons. The van der Waals surface area contributed by atoms with Gasteiger partial charge in [0.15, 0.2) is 0 Å². The van der Waals surface area contributed by atoms with Crippen LogP contribution in [-0.2, 0) is 7.05 Å². The van der Waals surface area contributed by atoms with Gasteiger partial charge in [0, 0.05) is 24.4 Å². The van der Waals surface area contributed by atoms with Crippen LogP contribution in [0.3, 0.4) is 0 Å². The summed E-state index contributed by atoms with van der Waals surface area (Å²) in [6, 6.07) is 6.15. The summed E-state index contributed by atoms with van der Waals surface area (Å²) in [4.78, 5) is 4.27. The Morgan fingerprint density at radius 2 is 2.38 bits per heavy atom. The van der Waals surface area contributed by atoms with Crippen molar-refractivity contribution in [3.05, 3.63) is 30.0 Å². The van der Waals surface area contributed by atoms with E-state index in [2.05, 4.69) is 16.2 Å². The first-order valence-corrected chi connectivity index (χ1v) is 5.14. The number of fused-ring (bicyclic) bond motifs is 1. The van der Waals surface area contributed by atoms with E-state index < -0.39 is 0 Å². The second kappa shape index (κ2) is 4.26. The van der Waals surface area contributed by atoms with Crippen molar-refractivity contribution in [1.29, 1.82) is 5.41 Å². The molecule has 82 valence electrons. The maximum absolute atomic E-state index is 6.95. The highest BCUT2D eigenvalue weighted by atomic mass is 15.2. The Morgan fingerprint density at radius 3 is 3.12 bits per heavy atom. The number of hydrogen-bond donors (Lipinski definition) is 1. The highest BCUT2D eigenvalue weighted by Gasteiger charge is 2.02. The van der Waals surface area contributed by atoms with Crippen molar-refractivity contribution >= 4 is 22.8 Å². The molecule has 0 fully saturated rings. The predicted molar refractivity (Wildman–Crippen MR) is 66.6 cm³/mol. The summed E-state index contributed by atoms with van der Waals surface area (Å²) < 4.78 is 1.85. The van der Waals surface area contributed by atoms with Crippen molar-refractivity contribution in [1.82, 2.24) is 9.78 Å². The third-order valence-electron chi connectivity index (χ3n) is 2.58. The lowest BCUT2D eigenvalue weighted by Gasteiger charge is -2.01. The molecule has 2 aromatic rings. The standard InChI is InChI=1S/C12H14N4/c1-9(14-6-5-13)10-3-4-12-11(7-10)8-15-16(12)2/h3-5,7-8,13H,6H2,1-2H3/b13-5?,14-9+. The van der Waals surface area contributed by atoms with E-state index in [0.717, 1.165) is 22.2 Å². The van der Waals surface area contributed by atoms with E-state index in [9.17, 15) is 0 Å². The van der Waals surface area contributed by atoms with Crippen LogP contribution in [0, 0.1) is 5.41 Å². The average Bonchev–Trinajstić information content (AvgIpc) is 2.67. The van der Waals surface area contributed by atoms with Crippen molar-refractivity contribution in [3.8, 4) is 0 Å². The fourth-order valence-corrected chi connectivity index (χ4v) is 1.66. The van der Waals surface area contributed by atoms with Gasteiger partial charge in [-0.15, -0.1) is 0 Å². The van der Waals surface area contributed by atoms with Gasteiger partial charge in [0.25, 0.3) is 0 Å². The van der Waals surface area contributed by atoms with Crippen LogP contribution < -0.4 is 0 Å². The molecule has 1 heterocycles. The minimum atomic E-state index is 0.441. The van der Waals surface area contributed by atoms with Crippen LogP contribution in [0.5, 0.6) is 0 Å². The van der Waals surface area contributed by atoms with Crippen LogP contribution in [0.15, 0.2) is 29.4 Å². The number of aliphatic imine (C=N–C) groups is 1. The quantitative estimate of drug-likeness (QED) is 0.781. The normalized spacial score (nSPS) is 12.0. The van der Waals surface area contributed by atoms with Gasteiger partial charge < -0.3 is 5.41 Å². The van der Waals surface area contributed by atoms with Crippen molar-refractivity contribution in [2.24, 2.45) is 12.0 Å². The lowest BCUT2D eigenvalue weighted by Crippen LogP contribution is -1.97. The van der Waals surface area contributed by atoms with Gasteiger partial charge in [-0.3, -0.25) is 9.67 Å². The van der Waals surface area contributed by atoms with Gasteiger partial charge in [-0.1, -0.05) is 6.07 Å². The van der Waals surface area contributed by atoms with Crippen LogP contribution in [0.25, 0.3) is 10.9 Å². The Balaban J connectivity index is 2.43. The summed E-state index contributed by atoms with van der Waals surface area (Å²) in [5, 5.41) is 12.3. The first kappa shape index (κ1) is 10.5. The zero-order valence-corrected chi connectivity index (χ0v) is 9.44. The van der Waals surface area contributed by atoms with Crippen molar-refractivity contribution in [3.63, 3.8) is 0 Å². The second-order valence-corrected chi connectivity index (χ2v) is 3.67. The highest BCUT2D eigenvalue weighted by molar-refractivity contribution is 6.01. The molecule has 0 aliphatic carbocycles. The average molecular weight is 214 g/mol. The smallest absolute Gasteiger partial charge is 0.0738 e. The van der Waals surface area contributed by atoms with Crippen LogP contribution in [0.1, 0.15) is 12.5 Å². The molecule has 4 heteroatoms. The molecule has 0 aliphatic rings. The van der Waals surface area contributed by atoms with E-state index >= 15 is 0 Å². The number of nitrogens with one attached hydrogen (secondary N) is 1. The molecule has 0 atom stereocenters. The number of benzene rings is 1. The number of aromatic nitrogens is 2. The van der Waals surface area contributed by atoms with Crippen LogP contribution >= 0.6 is 0 Å². The summed E-state index contributed by atoms with van der Waals surface area (Å²) in [6.07, 6.45) is 3.15. The lowest BCUT2D eigenvalue weighted by atomic mass is 10.1. The van der Waals surface area contributed by atoms with Gasteiger partial charge in [-0.05, 0) is 24.6 Å². The maximum Gasteiger partial charge on any atom is 0.0738 e. The van der Waals surface area contributed by atoms with Crippen molar-refractivity contribution in [2.75, 3.05) is 6.54 Å². The third-order valence-corrected chi connectivity index (χ3v) is 2.58. The van der Waals surface area contributed by atoms with Crippen LogP contribution in [-0.4, -0.2) is 28.3 Å². The van der Waals surface area contributed by atoms with E-state index in [0.29, 0.717) is 6.54 Å². The van der Waals surface area contributed by atoms with Gasteiger partial charge in [-0.2, -0.15) is 5.10 Å². The Labute approximate surface area is 94.1 Å². The van der Waals surface area contributed by atoms with Gasteiger partial charge in [-0.25, -0.2) is 0 Å². The molecule has 2 rings (SSSR count). The molecule has 0 amide bonds. The lowest BCUT2D eigenvalue weighted by molar-refractivity contribution is 0.797. The summed E-state index contributed by atoms with van der Waals surface area (Å²) in [6.45, 7) is 2.40. The van der Waals surface area contributed by atoms with Gasteiger partial charge in [0.05, 0.1) is 18.3 Å². The monoisotopic (exact) mass is 214 g/mol. The number of nitrogens with zero attached hydrogens (tertiary/aromatic N) is 3. The Kier molecular flexibility index (Phi) is 2.81. The summed E-state index contributed by atoms with van der Waals surface area (Å²) in [5.74, 6) is 0. The molecule has 0 spiro atoms. The summed E-state index contributed by atoms with van der Waals surface area (Å²) in [7, 11) is 1.93. The van der Waals surface area contributed by atoms with Crippen molar-refractivity contribution < 1.29 is 0 Å². The maximum atomic E-state index is 6.95. The molecular formula is C12H14N4. The molecule has 4 nitrogen and oxygen atoms in total. The Morgan fingerprint density at radius 1 is 1.56 bits per heavy atom. The zero-order chi connectivity index (χ0) is 11.5. The van der Waals surface area contributed by atoms with E-state index in [4.69, 9.17) is 5.41 Å². The summed E-state index contributed by atoms with van der Waals surface area (Å²) >= 11 is 0. The number of hydrogen-bond acceptors (Lipinski definition) is 3. The van der Waals surface area contributed by atoms with E-state index in [1.165, 1.54) is 6.21 Å². The Hall–Kier alpha value is -1.97. The van der Waals surface area contributed by atoms with Gasteiger partial charge >= 0.3 is 0 Å². The van der Waals surface area contributed by atoms with Crippen LogP contribution in [0.2, 0.25) is 0 Å². The fraction of sp³-hybridized carbons (Fsp3) is 0.250. The molecule has 0 aliphatic heterocycles. The molecule has 16 heavy (non-hydrogen) atoms. The fourth-order valence-electron chi connectivity index (χ4n) is 1.66. The molecule has 0 saturated heterocycles. The van der Waals surface area contributed by atoms with Crippen LogP contribution in [0.4, 0.5) is 0 Å². The SMILES string of the molecule is C/C(=N\CC=N)c1ccc2c(cnn2C)c1. The van der Waals surface area contributed by atoms with E-state index in [-0.39, 0.29) is 0 Å².